The highest BCUT2D eigenvalue weighted by molar-refractivity contribution is 6.69. The van der Waals surface area contributed by atoms with Crippen molar-refractivity contribution in [3.8, 4) is 12.3 Å². The lowest BCUT2D eigenvalue weighted by Gasteiger charge is -2.33. The lowest BCUT2D eigenvalue weighted by Crippen LogP contribution is -2.40. The summed E-state index contributed by atoms with van der Waals surface area (Å²) in [5, 5.41) is 0. The Labute approximate surface area is 84.0 Å². The SMILES string of the molecule is C#C[C@](C)(CC(C)C)O[Si](C)(C)C. The van der Waals surface area contributed by atoms with E-state index in [1.807, 2.05) is 6.92 Å². The van der Waals surface area contributed by atoms with Crippen LogP contribution in [0.3, 0.4) is 0 Å². The molecule has 1 nitrogen and oxygen atoms in total. The van der Waals surface area contributed by atoms with E-state index in [1.54, 1.807) is 0 Å². The van der Waals surface area contributed by atoms with Gasteiger partial charge in [0.2, 0.25) is 0 Å². The Hall–Kier alpha value is -0.263. The summed E-state index contributed by atoms with van der Waals surface area (Å²) in [7, 11) is -1.52. The van der Waals surface area contributed by atoms with Gasteiger partial charge in [-0.25, -0.2) is 0 Å². The molecule has 0 radical (unpaired) electrons. The molecule has 0 spiro atoms. The maximum atomic E-state index is 5.99. The van der Waals surface area contributed by atoms with E-state index in [9.17, 15) is 0 Å². The first-order valence-electron chi connectivity index (χ1n) is 4.86. The van der Waals surface area contributed by atoms with Crippen LogP contribution in [0.4, 0.5) is 0 Å². The van der Waals surface area contributed by atoms with Crippen molar-refractivity contribution < 1.29 is 4.43 Å². The quantitative estimate of drug-likeness (QED) is 0.497. The molecule has 0 saturated carbocycles. The van der Waals surface area contributed by atoms with Crippen molar-refractivity contribution in [2.75, 3.05) is 0 Å². The third-order valence-electron chi connectivity index (χ3n) is 1.63. The zero-order valence-electron chi connectivity index (χ0n) is 9.77. The molecule has 0 amide bonds. The van der Waals surface area contributed by atoms with Crippen LogP contribution in [0.1, 0.15) is 27.2 Å². The number of hydrogen-bond donors (Lipinski definition) is 0. The van der Waals surface area contributed by atoms with Crippen LogP contribution in [0.2, 0.25) is 19.6 Å². The normalized spacial score (nSPS) is 16.8. The van der Waals surface area contributed by atoms with Gasteiger partial charge in [-0.2, -0.15) is 0 Å². The van der Waals surface area contributed by atoms with E-state index in [-0.39, 0.29) is 5.60 Å². The molecule has 0 aliphatic carbocycles. The maximum absolute atomic E-state index is 5.99. The predicted octanol–water partition coefficient (Wildman–Crippen LogP) is 3.28. The minimum atomic E-state index is -1.52. The standard InChI is InChI=1S/C11H22OSi/c1-8-11(4,9-10(2)3)12-13(5,6)7/h1,10H,9H2,2-7H3/t11-/m1/s1. The van der Waals surface area contributed by atoms with E-state index >= 15 is 0 Å². The summed E-state index contributed by atoms with van der Waals surface area (Å²) < 4.78 is 5.99. The van der Waals surface area contributed by atoms with E-state index in [4.69, 9.17) is 10.8 Å². The zero-order valence-corrected chi connectivity index (χ0v) is 10.8. The third-order valence-corrected chi connectivity index (χ3v) is 2.70. The molecular formula is C11H22OSi. The molecule has 0 aromatic carbocycles. The van der Waals surface area contributed by atoms with E-state index in [0.717, 1.165) is 6.42 Å². The molecule has 0 bridgehead atoms. The van der Waals surface area contributed by atoms with Crippen LogP contribution in [0.15, 0.2) is 0 Å². The molecule has 0 aliphatic heterocycles. The molecule has 0 aliphatic rings. The lowest BCUT2D eigenvalue weighted by molar-refractivity contribution is 0.117. The Morgan fingerprint density at radius 1 is 1.38 bits per heavy atom. The summed E-state index contributed by atoms with van der Waals surface area (Å²) in [6.45, 7) is 12.9. The van der Waals surface area contributed by atoms with Crippen LogP contribution in [0.5, 0.6) is 0 Å². The fourth-order valence-electron chi connectivity index (χ4n) is 1.58. The Bertz CT molecular complexity index is 197. The predicted molar refractivity (Wildman–Crippen MR) is 61.1 cm³/mol. The first-order valence-corrected chi connectivity index (χ1v) is 8.27. The van der Waals surface area contributed by atoms with Crippen molar-refractivity contribution in [3.63, 3.8) is 0 Å². The van der Waals surface area contributed by atoms with Crippen molar-refractivity contribution in [2.24, 2.45) is 5.92 Å². The molecule has 0 aromatic heterocycles. The van der Waals surface area contributed by atoms with E-state index in [1.165, 1.54) is 0 Å². The fraction of sp³-hybridized carbons (Fsp3) is 0.818. The minimum Gasteiger partial charge on any atom is -0.402 e. The summed E-state index contributed by atoms with van der Waals surface area (Å²) in [6.07, 6.45) is 6.45. The summed E-state index contributed by atoms with van der Waals surface area (Å²) in [5.41, 5.74) is -0.362. The van der Waals surface area contributed by atoms with Crippen LogP contribution in [-0.2, 0) is 4.43 Å². The van der Waals surface area contributed by atoms with Gasteiger partial charge < -0.3 is 4.43 Å². The van der Waals surface area contributed by atoms with Gasteiger partial charge in [-0.15, -0.1) is 6.42 Å². The van der Waals surface area contributed by atoms with E-state index < -0.39 is 8.32 Å². The Morgan fingerprint density at radius 3 is 2.08 bits per heavy atom. The summed E-state index contributed by atoms with van der Waals surface area (Å²) in [5.74, 6) is 3.36. The Balaban J connectivity index is 4.40. The number of rotatable bonds is 4. The van der Waals surface area contributed by atoms with Crippen LogP contribution in [-0.4, -0.2) is 13.9 Å². The molecular weight excluding hydrogens is 176 g/mol. The first-order chi connectivity index (χ1) is 5.68. The highest BCUT2D eigenvalue weighted by Gasteiger charge is 2.30. The molecule has 2 heteroatoms. The number of terminal acetylenes is 1. The highest BCUT2D eigenvalue weighted by atomic mass is 28.4. The molecule has 0 N–H and O–H groups in total. The smallest absolute Gasteiger partial charge is 0.185 e. The Morgan fingerprint density at radius 2 is 1.85 bits per heavy atom. The first kappa shape index (κ1) is 12.7. The molecule has 0 saturated heterocycles. The van der Waals surface area contributed by atoms with Crippen LogP contribution >= 0.6 is 0 Å². The molecule has 0 unspecified atom stereocenters. The van der Waals surface area contributed by atoms with Crippen LogP contribution < -0.4 is 0 Å². The highest BCUT2D eigenvalue weighted by Crippen LogP contribution is 2.24. The van der Waals surface area contributed by atoms with Gasteiger partial charge in [0.25, 0.3) is 0 Å². The minimum absolute atomic E-state index is 0.362. The molecule has 1 atom stereocenters. The Kier molecular flexibility index (Phi) is 4.21. The van der Waals surface area contributed by atoms with Gasteiger partial charge >= 0.3 is 0 Å². The average Bonchev–Trinajstić information content (AvgIpc) is 1.81. The van der Waals surface area contributed by atoms with Crippen LogP contribution in [0, 0.1) is 18.3 Å². The topological polar surface area (TPSA) is 9.23 Å². The molecule has 0 heterocycles. The van der Waals surface area contributed by atoms with Crippen molar-refractivity contribution in [1.29, 1.82) is 0 Å². The summed E-state index contributed by atoms with van der Waals surface area (Å²) in [6, 6.07) is 0. The largest absolute Gasteiger partial charge is 0.402 e. The summed E-state index contributed by atoms with van der Waals surface area (Å²) in [4.78, 5) is 0. The second kappa shape index (κ2) is 4.30. The monoisotopic (exact) mass is 198 g/mol. The second-order valence-electron chi connectivity index (χ2n) is 5.19. The van der Waals surface area contributed by atoms with Crippen molar-refractivity contribution in [1.82, 2.24) is 0 Å². The molecule has 0 fully saturated rings. The van der Waals surface area contributed by atoms with Gasteiger partial charge in [0, 0.05) is 0 Å². The molecule has 0 rings (SSSR count). The molecule has 76 valence electrons. The molecule has 0 aromatic rings. The lowest BCUT2D eigenvalue weighted by atomic mass is 9.95. The van der Waals surface area contributed by atoms with E-state index in [0.29, 0.717) is 5.92 Å². The fourth-order valence-corrected chi connectivity index (χ4v) is 3.08. The van der Waals surface area contributed by atoms with Crippen molar-refractivity contribution in [3.05, 3.63) is 0 Å². The van der Waals surface area contributed by atoms with Gasteiger partial charge in [-0.05, 0) is 38.9 Å². The van der Waals surface area contributed by atoms with Gasteiger partial charge in [0.05, 0.1) is 0 Å². The zero-order chi connectivity index (χ0) is 10.7. The second-order valence-corrected chi connectivity index (χ2v) is 9.62. The van der Waals surface area contributed by atoms with Crippen molar-refractivity contribution in [2.45, 2.75) is 52.4 Å². The van der Waals surface area contributed by atoms with Gasteiger partial charge in [-0.3, -0.25) is 0 Å². The summed E-state index contributed by atoms with van der Waals surface area (Å²) >= 11 is 0. The molecule has 13 heavy (non-hydrogen) atoms. The maximum Gasteiger partial charge on any atom is 0.185 e. The third kappa shape index (κ3) is 5.90. The van der Waals surface area contributed by atoms with Gasteiger partial charge in [0.15, 0.2) is 8.32 Å². The van der Waals surface area contributed by atoms with Gasteiger partial charge in [-0.1, -0.05) is 19.8 Å². The average molecular weight is 198 g/mol. The van der Waals surface area contributed by atoms with Crippen molar-refractivity contribution >= 4 is 8.32 Å². The van der Waals surface area contributed by atoms with Gasteiger partial charge in [0.1, 0.15) is 5.60 Å². The number of hydrogen-bond acceptors (Lipinski definition) is 1. The van der Waals surface area contributed by atoms with Crippen LogP contribution in [0.25, 0.3) is 0 Å². The van der Waals surface area contributed by atoms with E-state index in [2.05, 4.69) is 39.4 Å².